The summed E-state index contributed by atoms with van der Waals surface area (Å²) in [6.45, 7) is 3.86. The largest absolute Gasteiger partial charge is 0.462 e. The van der Waals surface area contributed by atoms with Gasteiger partial charge in [-0.05, 0) is 19.8 Å². The molecule has 16 heavy (non-hydrogen) atoms. The van der Waals surface area contributed by atoms with Crippen molar-refractivity contribution < 1.29 is 17.9 Å². The summed E-state index contributed by atoms with van der Waals surface area (Å²) in [4.78, 5) is 11.3. The molecule has 0 aromatic carbocycles. The first-order valence-corrected chi connectivity index (χ1v) is 7.38. The second-order valence-corrected chi connectivity index (χ2v) is 6.42. The summed E-state index contributed by atoms with van der Waals surface area (Å²) in [7, 11) is -2.89. The van der Waals surface area contributed by atoms with Crippen molar-refractivity contribution in [3.05, 3.63) is 0 Å². The van der Waals surface area contributed by atoms with E-state index in [2.05, 4.69) is 5.32 Å². The van der Waals surface area contributed by atoms with E-state index in [-0.39, 0.29) is 36.2 Å². The number of ether oxygens (including phenoxy) is 1. The monoisotopic (exact) mass is 249 g/mol. The number of carbonyl (C=O) groups excluding carboxylic acids is 1. The van der Waals surface area contributed by atoms with Gasteiger partial charge in [0.25, 0.3) is 0 Å². The van der Waals surface area contributed by atoms with Crippen molar-refractivity contribution in [1.82, 2.24) is 5.32 Å². The van der Waals surface area contributed by atoms with E-state index in [9.17, 15) is 13.2 Å². The molecule has 5 nitrogen and oxygen atoms in total. The van der Waals surface area contributed by atoms with Gasteiger partial charge in [-0.2, -0.15) is 0 Å². The number of hydrogen-bond donors (Lipinski definition) is 1. The van der Waals surface area contributed by atoms with Crippen LogP contribution >= 0.6 is 0 Å². The molecule has 1 aliphatic rings. The Kier molecular flexibility index (Phi) is 4.73. The predicted octanol–water partition coefficient (Wildman–Crippen LogP) is 0.105. The van der Waals surface area contributed by atoms with Crippen molar-refractivity contribution in [3.8, 4) is 0 Å². The highest BCUT2D eigenvalue weighted by atomic mass is 32.2. The zero-order valence-corrected chi connectivity index (χ0v) is 10.5. The van der Waals surface area contributed by atoms with Crippen LogP contribution in [0.1, 0.15) is 26.7 Å². The third-order valence-electron chi connectivity index (χ3n) is 2.68. The minimum absolute atomic E-state index is 0.0818. The van der Waals surface area contributed by atoms with E-state index in [1.54, 1.807) is 0 Å². The number of rotatable bonds is 5. The Labute approximate surface area is 96.5 Å². The molecule has 1 rings (SSSR count). The van der Waals surface area contributed by atoms with Crippen LogP contribution in [0.25, 0.3) is 0 Å². The first-order chi connectivity index (χ1) is 7.43. The maximum atomic E-state index is 11.3. The molecular formula is C10H19NO4S. The van der Waals surface area contributed by atoms with Crippen molar-refractivity contribution >= 4 is 15.8 Å². The minimum Gasteiger partial charge on any atom is -0.462 e. The van der Waals surface area contributed by atoms with Crippen LogP contribution in [-0.2, 0) is 19.4 Å². The molecule has 2 atom stereocenters. The summed E-state index contributed by atoms with van der Waals surface area (Å²) >= 11 is 0. The summed E-state index contributed by atoms with van der Waals surface area (Å²) < 4.78 is 27.4. The average Bonchev–Trinajstić information content (AvgIpc) is 2.55. The molecule has 0 aliphatic carbocycles. The van der Waals surface area contributed by atoms with E-state index in [1.165, 1.54) is 0 Å². The fourth-order valence-corrected chi connectivity index (χ4v) is 3.24. The Morgan fingerprint density at radius 2 is 2.25 bits per heavy atom. The van der Waals surface area contributed by atoms with E-state index in [1.807, 2.05) is 13.8 Å². The second-order valence-electron chi connectivity index (χ2n) is 4.19. The summed E-state index contributed by atoms with van der Waals surface area (Å²) in [5.74, 6) is 0.0213. The van der Waals surface area contributed by atoms with Crippen molar-refractivity contribution in [1.29, 1.82) is 0 Å². The van der Waals surface area contributed by atoms with Gasteiger partial charge in [0.2, 0.25) is 0 Å². The zero-order valence-electron chi connectivity index (χ0n) is 9.73. The van der Waals surface area contributed by atoms with Gasteiger partial charge >= 0.3 is 5.97 Å². The third kappa shape index (κ3) is 4.49. The normalized spacial score (nSPS) is 25.2. The van der Waals surface area contributed by atoms with E-state index in [4.69, 9.17) is 4.74 Å². The van der Waals surface area contributed by atoms with Crippen molar-refractivity contribution in [3.63, 3.8) is 0 Å². The molecule has 0 aromatic heterocycles. The fourth-order valence-electron chi connectivity index (χ4n) is 1.53. The second kappa shape index (κ2) is 5.63. The quantitative estimate of drug-likeness (QED) is 0.700. The number of sulfone groups is 1. The highest BCUT2D eigenvalue weighted by Gasteiger charge is 2.27. The number of hydrogen-bond acceptors (Lipinski definition) is 5. The van der Waals surface area contributed by atoms with Crippen LogP contribution in [0.5, 0.6) is 0 Å². The molecule has 0 saturated carbocycles. The lowest BCUT2D eigenvalue weighted by molar-refractivity contribution is -0.147. The first-order valence-electron chi connectivity index (χ1n) is 5.56. The van der Waals surface area contributed by atoms with Crippen LogP contribution < -0.4 is 5.32 Å². The van der Waals surface area contributed by atoms with Crippen LogP contribution in [0.4, 0.5) is 0 Å². The van der Waals surface area contributed by atoms with Crippen molar-refractivity contribution in [2.75, 3.05) is 18.1 Å². The third-order valence-corrected chi connectivity index (χ3v) is 4.44. The molecule has 1 fully saturated rings. The minimum atomic E-state index is -2.89. The first kappa shape index (κ1) is 13.4. The zero-order chi connectivity index (χ0) is 12.2. The Hall–Kier alpha value is -0.620. The van der Waals surface area contributed by atoms with E-state index < -0.39 is 9.84 Å². The van der Waals surface area contributed by atoms with Gasteiger partial charge in [-0.15, -0.1) is 0 Å². The van der Waals surface area contributed by atoms with Gasteiger partial charge in [0.05, 0.1) is 24.2 Å². The van der Waals surface area contributed by atoms with Crippen LogP contribution in [0.2, 0.25) is 0 Å². The predicted molar refractivity (Wildman–Crippen MR) is 60.9 cm³/mol. The molecule has 0 radical (unpaired) electrons. The van der Waals surface area contributed by atoms with Gasteiger partial charge in [-0.1, -0.05) is 6.92 Å². The van der Waals surface area contributed by atoms with Gasteiger partial charge in [0.1, 0.15) is 0 Å². The number of nitrogens with one attached hydrogen (secondary N) is 1. The lowest BCUT2D eigenvalue weighted by Crippen LogP contribution is -2.36. The Balaban J connectivity index is 2.23. The molecule has 0 amide bonds. The number of carbonyl (C=O) groups is 1. The molecular weight excluding hydrogens is 230 g/mol. The summed E-state index contributed by atoms with van der Waals surface area (Å²) in [5.41, 5.74) is 0. The van der Waals surface area contributed by atoms with Crippen molar-refractivity contribution in [2.24, 2.45) is 0 Å². The molecule has 0 aromatic rings. The Morgan fingerprint density at radius 3 is 2.75 bits per heavy atom. The average molecular weight is 249 g/mol. The standard InChI is InChI=1S/C10H19NO4S/c1-3-8(2)15-10(12)6-11-9-4-5-16(13,14)7-9/h8-9,11H,3-7H2,1-2H3. The van der Waals surface area contributed by atoms with Gasteiger partial charge < -0.3 is 10.1 Å². The molecule has 1 saturated heterocycles. The van der Waals surface area contributed by atoms with E-state index in [0.29, 0.717) is 6.42 Å². The van der Waals surface area contributed by atoms with Crippen LogP contribution in [0, 0.1) is 0 Å². The lowest BCUT2D eigenvalue weighted by atomic mass is 10.2. The number of esters is 1. The molecule has 0 bridgehead atoms. The summed E-state index contributed by atoms with van der Waals surface area (Å²) in [6.07, 6.45) is 1.28. The molecule has 2 unspecified atom stereocenters. The van der Waals surface area contributed by atoms with Crippen LogP contribution in [0.3, 0.4) is 0 Å². The molecule has 1 aliphatic heterocycles. The molecule has 0 spiro atoms. The van der Waals surface area contributed by atoms with E-state index >= 15 is 0 Å². The maximum absolute atomic E-state index is 11.3. The molecule has 94 valence electrons. The highest BCUT2D eigenvalue weighted by molar-refractivity contribution is 7.91. The van der Waals surface area contributed by atoms with E-state index in [0.717, 1.165) is 6.42 Å². The molecule has 1 N–H and O–H groups in total. The van der Waals surface area contributed by atoms with Gasteiger partial charge in [0.15, 0.2) is 9.84 Å². The van der Waals surface area contributed by atoms with Gasteiger partial charge in [-0.25, -0.2) is 8.42 Å². The molecule has 1 heterocycles. The Bertz CT molecular complexity index is 339. The lowest BCUT2D eigenvalue weighted by Gasteiger charge is -2.13. The smallest absolute Gasteiger partial charge is 0.320 e. The van der Waals surface area contributed by atoms with Crippen molar-refractivity contribution in [2.45, 2.75) is 38.8 Å². The van der Waals surface area contributed by atoms with Gasteiger partial charge in [0, 0.05) is 6.04 Å². The summed E-state index contributed by atoms with van der Waals surface area (Å²) in [6, 6.07) is -0.102. The summed E-state index contributed by atoms with van der Waals surface area (Å²) in [5, 5.41) is 2.91. The Morgan fingerprint density at radius 1 is 1.56 bits per heavy atom. The molecule has 6 heteroatoms. The van der Waals surface area contributed by atoms with Crippen LogP contribution in [0.15, 0.2) is 0 Å². The fraction of sp³-hybridized carbons (Fsp3) is 0.900. The topological polar surface area (TPSA) is 72.5 Å². The maximum Gasteiger partial charge on any atom is 0.320 e. The van der Waals surface area contributed by atoms with Crippen LogP contribution in [-0.4, -0.2) is 44.6 Å². The SMILES string of the molecule is CCC(C)OC(=O)CNC1CCS(=O)(=O)C1. The highest BCUT2D eigenvalue weighted by Crippen LogP contribution is 2.10. The van der Waals surface area contributed by atoms with Gasteiger partial charge in [-0.3, -0.25) is 4.79 Å².